The van der Waals surface area contributed by atoms with E-state index in [2.05, 4.69) is 5.32 Å². The number of amides is 1. The fourth-order valence-electron chi connectivity index (χ4n) is 2.23. The van der Waals surface area contributed by atoms with Gasteiger partial charge in [-0.15, -0.1) is 0 Å². The van der Waals surface area contributed by atoms with E-state index in [0.717, 1.165) is 10.6 Å². The smallest absolute Gasteiger partial charge is 0.245 e. The summed E-state index contributed by atoms with van der Waals surface area (Å²) >= 11 is 11.9. The van der Waals surface area contributed by atoms with Crippen molar-refractivity contribution in [3.63, 3.8) is 0 Å². The van der Waals surface area contributed by atoms with Crippen LogP contribution in [0.2, 0.25) is 10.0 Å². The summed E-state index contributed by atoms with van der Waals surface area (Å²) in [6.45, 7) is 1.92. The molecule has 0 saturated heterocycles. The third-order valence-electron chi connectivity index (χ3n) is 3.29. The first-order valence-electron chi connectivity index (χ1n) is 7.66. The number of nitrogens with one attached hydrogen (secondary N) is 1. The lowest BCUT2D eigenvalue weighted by atomic mass is 10.3. The van der Waals surface area contributed by atoms with Crippen LogP contribution >= 0.6 is 23.2 Å². The number of nitrogens with zero attached hydrogens (tertiary/aromatic N) is 1. The predicted octanol–water partition coefficient (Wildman–Crippen LogP) is 3.80. The molecule has 0 fully saturated rings. The van der Waals surface area contributed by atoms with Gasteiger partial charge in [-0.3, -0.25) is 9.10 Å². The van der Waals surface area contributed by atoms with Gasteiger partial charge >= 0.3 is 0 Å². The van der Waals surface area contributed by atoms with Gasteiger partial charge in [0.25, 0.3) is 0 Å². The molecule has 9 heteroatoms. The summed E-state index contributed by atoms with van der Waals surface area (Å²) in [5, 5.41) is 3.15. The van der Waals surface area contributed by atoms with E-state index < -0.39 is 22.5 Å². The second kappa shape index (κ2) is 8.62. The number of rotatable bonds is 7. The van der Waals surface area contributed by atoms with Crippen LogP contribution in [0.3, 0.4) is 0 Å². The van der Waals surface area contributed by atoms with Gasteiger partial charge in [0.1, 0.15) is 12.3 Å². The molecule has 140 valence electrons. The van der Waals surface area contributed by atoms with E-state index >= 15 is 0 Å². The highest BCUT2D eigenvalue weighted by atomic mass is 35.5. The number of carbonyl (C=O) groups excluding carboxylic acids is 1. The lowest BCUT2D eigenvalue weighted by molar-refractivity contribution is -0.114. The van der Waals surface area contributed by atoms with Crippen molar-refractivity contribution in [2.45, 2.75) is 6.92 Å². The van der Waals surface area contributed by atoms with E-state index in [1.54, 1.807) is 24.3 Å². The van der Waals surface area contributed by atoms with Gasteiger partial charge in [-0.05, 0) is 37.3 Å². The van der Waals surface area contributed by atoms with Crippen LogP contribution in [0, 0.1) is 0 Å². The van der Waals surface area contributed by atoms with Gasteiger partial charge in [-0.25, -0.2) is 8.42 Å². The van der Waals surface area contributed by atoms with Crippen molar-refractivity contribution in [3.05, 3.63) is 52.5 Å². The summed E-state index contributed by atoms with van der Waals surface area (Å²) < 4.78 is 30.6. The summed E-state index contributed by atoms with van der Waals surface area (Å²) in [5.41, 5.74) is 0.674. The first-order chi connectivity index (χ1) is 12.2. The maximum Gasteiger partial charge on any atom is 0.245 e. The molecular formula is C17H18Cl2N2O4S. The molecule has 0 aliphatic carbocycles. The predicted molar refractivity (Wildman–Crippen MR) is 105 cm³/mol. The number of anilines is 2. The normalized spacial score (nSPS) is 11.1. The van der Waals surface area contributed by atoms with Gasteiger partial charge < -0.3 is 10.1 Å². The Balaban J connectivity index is 2.21. The number of ether oxygens (including phenoxy) is 1. The monoisotopic (exact) mass is 416 g/mol. The van der Waals surface area contributed by atoms with E-state index in [1.807, 2.05) is 6.92 Å². The van der Waals surface area contributed by atoms with Crippen molar-refractivity contribution in [2.24, 2.45) is 0 Å². The summed E-state index contributed by atoms with van der Waals surface area (Å²) in [6, 6.07) is 11.2. The van der Waals surface area contributed by atoms with Crippen LogP contribution in [-0.2, 0) is 14.8 Å². The van der Waals surface area contributed by atoms with Gasteiger partial charge in [-0.2, -0.15) is 0 Å². The Bertz CT molecular complexity index is 903. The van der Waals surface area contributed by atoms with Crippen LogP contribution in [-0.4, -0.2) is 33.7 Å². The minimum absolute atomic E-state index is 0.133. The first kappa shape index (κ1) is 20.4. The summed E-state index contributed by atoms with van der Waals surface area (Å²) in [7, 11) is -3.74. The number of carbonyl (C=O) groups is 1. The van der Waals surface area contributed by atoms with E-state index in [0.29, 0.717) is 23.1 Å². The van der Waals surface area contributed by atoms with Crippen LogP contribution in [0.5, 0.6) is 5.75 Å². The molecule has 0 aromatic heterocycles. The van der Waals surface area contributed by atoms with Crippen LogP contribution in [0.25, 0.3) is 0 Å². The number of halogens is 2. The molecule has 0 aliphatic rings. The fourth-order valence-corrected chi connectivity index (χ4v) is 3.65. The quantitative estimate of drug-likeness (QED) is 0.744. The zero-order valence-electron chi connectivity index (χ0n) is 14.2. The third kappa shape index (κ3) is 5.52. The zero-order valence-corrected chi connectivity index (χ0v) is 16.5. The molecule has 26 heavy (non-hydrogen) atoms. The Morgan fingerprint density at radius 2 is 1.92 bits per heavy atom. The van der Waals surface area contributed by atoms with Crippen LogP contribution in [0.1, 0.15) is 6.92 Å². The Kier molecular flexibility index (Phi) is 6.75. The maximum atomic E-state index is 12.4. The maximum absolute atomic E-state index is 12.4. The molecule has 2 aromatic carbocycles. The van der Waals surface area contributed by atoms with Gasteiger partial charge in [0.2, 0.25) is 15.9 Å². The highest BCUT2D eigenvalue weighted by Crippen LogP contribution is 2.30. The molecule has 6 nitrogen and oxygen atoms in total. The molecule has 0 unspecified atom stereocenters. The van der Waals surface area contributed by atoms with Crippen molar-refractivity contribution in [3.8, 4) is 5.75 Å². The highest BCUT2D eigenvalue weighted by Gasteiger charge is 2.23. The van der Waals surface area contributed by atoms with Crippen LogP contribution in [0.4, 0.5) is 11.4 Å². The standard InChI is InChI=1S/C17H18Cl2N2O4S/c1-3-25-14-6-4-5-13(10-14)20-17(22)11-21(26(2,23)24)16-8-7-12(18)9-15(16)19/h4-10H,3,11H2,1-2H3,(H,20,22). The molecule has 0 atom stereocenters. The Hall–Kier alpha value is -1.96. The number of hydrogen-bond acceptors (Lipinski definition) is 4. The van der Waals surface area contributed by atoms with E-state index in [1.165, 1.54) is 18.2 Å². The van der Waals surface area contributed by atoms with E-state index in [9.17, 15) is 13.2 Å². The third-order valence-corrected chi connectivity index (χ3v) is 4.96. The fraction of sp³-hybridized carbons (Fsp3) is 0.235. The lowest BCUT2D eigenvalue weighted by Crippen LogP contribution is -2.37. The summed E-state index contributed by atoms with van der Waals surface area (Å²) in [6.07, 6.45) is 1.00. The van der Waals surface area contributed by atoms with Gasteiger partial charge in [0, 0.05) is 16.8 Å². The molecule has 0 aliphatic heterocycles. The summed E-state index contributed by atoms with van der Waals surface area (Å²) in [4.78, 5) is 12.4. The Morgan fingerprint density at radius 3 is 2.54 bits per heavy atom. The molecule has 2 rings (SSSR count). The molecule has 0 radical (unpaired) electrons. The van der Waals surface area contributed by atoms with Crippen molar-refractivity contribution in [1.82, 2.24) is 0 Å². The molecular weight excluding hydrogens is 399 g/mol. The first-order valence-corrected chi connectivity index (χ1v) is 10.3. The Morgan fingerprint density at radius 1 is 1.19 bits per heavy atom. The van der Waals surface area contributed by atoms with Crippen LogP contribution < -0.4 is 14.4 Å². The minimum atomic E-state index is -3.74. The second-order valence-electron chi connectivity index (χ2n) is 5.37. The number of sulfonamides is 1. The van der Waals surface area contributed by atoms with E-state index in [4.69, 9.17) is 27.9 Å². The van der Waals surface area contributed by atoms with Gasteiger partial charge in [0.15, 0.2) is 0 Å². The SMILES string of the molecule is CCOc1cccc(NC(=O)CN(c2ccc(Cl)cc2Cl)S(C)(=O)=O)c1. The average Bonchev–Trinajstić information content (AvgIpc) is 2.53. The molecule has 1 amide bonds. The van der Waals surface area contributed by atoms with Crippen molar-refractivity contribution >= 4 is 50.5 Å². The lowest BCUT2D eigenvalue weighted by Gasteiger charge is -2.23. The highest BCUT2D eigenvalue weighted by molar-refractivity contribution is 7.92. The number of hydrogen-bond donors (Lipinski definition) is 1. The van der Waals surface area contributed by atoms with Crippen molar-refractivity contribution in [2.75, 3.05) is 29.0 Å². The molecule has 1 N–H and O–H groups in total. The largest absolute Gasteiger partial charge is 0.494 e. The van der Waals surface area contributed by atoms with E-state index in [-0.39, 0.29) is 10.7 Å². The molecule has 2 aromatic rings. The van der Waals surface area contributed by atoms with Crippen LogP contribution in [0.15, 0.2) is 42.5 Å². The summed E-state index contributed by atoms with van der Waals surface area (Å²) in [5.74, 6) is 0.0844. The van der Waals surface area contributed by atoms with Crippen molar-refractivity contribution in [1.29, 1.82) is 0 Å². The minimum Gasteiger partial charge on any atom is -0.494 e. The average molecular weight is 417 g/mol. The van der Waals surface area contributed by atoms with Crippen molar-refractivity contribution < 1.29 is 17.9 Å². The second-order valence-corrected chi connectivity index (χ2v) is 8.12. The molecule has 0 bridgehead atoms. The van der Waals surface area contributed by atoms with Gasteiger partial charge in [0.05, 0.1) is 23.6 Å². The molecule has 0 spiro atoms. The molecule has 0 heterocycles. The number of benzene rings is 2. The molecule has 0 saturated carbocycles. The zero-order chi connectivity index (χ0) is 19.3. The topological polar surface area (TPSA) is 75.7 Å². The van der Waals surface area contributed by atoms with Gasteiger partial charge in [-0.1, -0.05) is 29.3 Å². The Labute approximate surface area is 162 Å².